The molecule has 4 rings (SSSR count). The molecule has 7 heteroatoms. The normalized spacial score (nSPS) is 15.3. The van der Waals surface area contributed by atoms with Crippen LogP contribution in [0.25, 0.3) is 11.0 Å². The van der Waals surface area contributed by atoms with Gasteiger partial charge in [0.25, 0.3) is 5.91 Å². The van der Waals surface area contributed by atoms with E-state index in [0.29, 0.717) is 12.1 Å². The molecular weight excluding hydrogens is 396 g/mol. The lowest BCUT2D eigenvalue weighted by Crippen LogP contribution is -2.46. The molecule has 0 spiro atoms. The number of thioether (sulfide) groups is 1. The van der Waals surface area contributed by atoms with Gasteiger partial charge in [0.2, 0.25) is 5.91 Å². The lowest BCUT2D eigenvalue weighted by atomic mass is 10.1. The zero-order valence-electron chi connectivity index (χ0n) is 17.5. The minimum Gasteiger partial charge on any atom is -0.344 e. The standard InChI is InChI=1S/C23H26N4O2S/c1-15(27-14-16-8-4-5-9-17(16)23(27)29)22(28)25-19(12-13-30-3)21-24-18-10-6-7-11-20(18)26(21)2/h4-11,15,19H,12-14H2,1-3H3,(H,25,28)/t15-,19+/m0/s1. The molecule has 156 valence electrons. The second-order valence-electron chi connectivity index (χ2n) is 7.63. The number of para-hydroxylation sites is 2. The predicted octanol–water partition coefficient (Wildman–Crippen LogP) is 3.53. The van der Waals surface area contributed by atoms with Gasteiger partial charge in [0.1, 0.15) is 11.9 Å². The summed E-state index contributed by atoms with van der Waals surface area (Å²) in [6.45, 7) is 2.25. The Kier molecular flexibility index (Phi) is 5.81. The molecule has 2 aromatic carbocycles. The molecule has 0 saturated carbocycles. The summed E-state index contributed by atoms with van der Waals surface area (Å²) in [5.74, 6) is 1.49. The van der Waals surface area contributed by atoms with E-state index in [4.69, 9.17) is 4.98 Å². The Hall–Kier alpha value is -2.80. The third-order valence-corrected chi connectivity index (χ3v) is 6.40. The summed E-state index contributed by atoms with van der Waals surface area (Å²) >= 11 is 1.74. The average Bonchev–Trinajstić information content (AvgIpc) is 3.28. The Balaban J connectivity index is 1.55. The molecule has 0 fully saturated rings. The third kappa shape index (κ3) is 3.69. The number of aromatic nitrogens is 2. The van der Waals surface area contributed by atoms with Gasteiger partial charge in [-0.2, -0.15) is 11.8 Å². The first-order valence-corrected chi connectivity index (χ1v) is 11.5. The van der Waals surface area contributed by atoms with Gasteiger partial charge in [-0.3, -0.25) is 9.59 Å². The van der Waals surface area contributed by atoms with Crippen LogP contribution in [0.2, 0.25) is 0 Å². The highest BCUT2D eigenvalue weighted by Gasteiger charge is 2.34. The Morgan fingerprint density at radius 3 is 2.67 bits per heavy atom. The summed E-state index contributed by atoms with van der Waals surface area (Å²) in [5, 5.41) is 3.16. The van der Waals surface area contributed by atoms with Crippen molar-refractivity contribution in [3.8, 4) is 0 Å². The summed E-state index contributed by atoms with van der Waals surface area (Å²) < 4.78 is 2.04. The molecule has 6 nitrogen and oxygen atoms in total. The molecule has 1 aromatic heterocycles. The van der Waals surface area contributed by atoms with Gasteiger partial charge in [-0.15, -0.1) is 0 Å². The first-order valence-electron chi connectivity index (χ1n) is 10.1. The Bertz CT molecular complexity index is 1090. The Morgan fingerprint density at radius 2 is 1.93 bits per heavy atom. The van der Waals surface area contributed by atoms with Crippen molar-refractivity contribution < 1.29 is 9.59 Å². The van der Waals surface area contributed by atoms with Crippen molar-refractivity contribution in [3.05, 3.63) is 65.5 Å². The van der Waals surface area contributed by atoms with E-state index in [1.54, 1.807) is 23.6 Å². The molecule has 30 heavy (non-hydrogen) atoms. The number of hydrogen-bond donors (Lipinski definition) is 1. The van der Waals surface area contributed by atoms with E-state index in [2.05, 4.69) is 11.6 Å². The maximum Gasteiger partial charge on any atom is 0.255 e. The van der Waals surface area contributed by atoms with E-state index in [1.807, 2.05) is 60.1 Å². The minimum absolute atomic E-state index is 0.0864. The molecule has 0 unspecified atom stereocenters. The summed E-state index contributed by atoms with van der Waals surface area (Å²) in [7, 11) is 1.98. The number of benzene rings is 2. The first kappa shape index (κ1) is 20.5. The highest BCUT2D eigenvalue weighted by Crippen LogP contribution is 2.26. The van der Waals surface area contributed by atoms with Crippen molar-refractivity contribution in [2.24, 2.45) is 7.05 Å². The number of carbonyl (C=O) groups excluding carboxylic acids is 2. The number of imidazole rings is 1. The number of fused-ring (bicyclic) bond motifs is 2. The summed E-state index contributed by atoms with van der Waals surface area (Å²) in [4.78, 5) is 32.3. The topological polar surface area (TPSA) is 67.2 Å². The second kappa shape index (κ2) is 8.52. The lowest BCUT2D eigenvalue weighted by molar-refractivity contribution is -0.126. The van der Waals surface area contributed by atoms with Gasteiger partial charge < -0.3 is 14.8 Å². The molecule has 2 amide bonds. The van der Waals surface area contributed by atoms with Crippen LogP contribution in [0.5, 0.6) is 0 Å². The second-order valence-corrected chi connectivity index (χ2v) is 8.61. The molecule has 0 aliphatic carbocycles. The SMILES string of the molecule is CSCC[C@@H](NC(=O)[C@H](C)N1Cc2ccccc2C1=O)c1nc2ccccc2n1C. The largest absolute Gasteiger partial charge is 0.344 e. The van der Waals surface area contributed by atoms with Crippen LogP contribution in [0, 0.1) is 0 Å². The van der Waals surface area contributed by atoms with Gasteiger partial charge in [-0.25, -0.2) is 4.98 Å². The highest BCUT2D eigenvalue weighted by molar-refractivity contribution is 7.98. The number of carbonyl (C=O) groups is 2. The average molecular weight is 423 g/mol. The lowest BCUT2D eigenvalue weighted by Gasteiger charge is -2.26. The Morgan fingerprint density at radius 1 is 1.20 bits per heavy atom. The molecule has 0 bridgehead atoms. The maximum absolute atomic E-state index is 13.2. The molecule has 2 heterocycles. The van der Waals surface area contributed by atoms with E-state index in [1.165, 1.54) is 0 Å². The summed E-state index contributed by atoms with van der Waals surface area (Å²) in [6, 6.07) is 14.7. The van der Waals surface area contributed by atoms with E-state index in [9.17, 15) is 9.59 Å². The highest BCUT2D eigenvalue weighted by atomic mass is 32.2. The first-order chi connectivity index (χ1) is 14.5. The minimum atomic E-state index is -0.559. The molecule has 0 radical (unpaired) electrons. The van der Waals surface area contributed by atoms with Gasteiger partial charge in [0.15, 0.2) is 0 Å². The van der Waals surface area contributed by atoms with Gasteiger partial charge in [0.05, 0.1) is 17.1 Å². The number of aryl methyl sites for hydroxylation is 1. The van der Waals surface area contributed by atoms with Crippen LogP contribution in [0.15, 0.2) is 48.5 Å². The molecule has 0 saturated heterocycles. The number of nitrogens with zero attached hydrogens (tertiary/aromatic N) is 3. The quantitative estimate of drug-likeness (QED) is 0.633. The maximum atomic E-state index is 13.2. The fraction of sp³-hybridized carbons (Fsp3) is 0.348. The van der Waals surface area contributed by atoms with Gasteiger partial charge in [-0.05, 0) is 49.1 Å². The fourth-order valence-corrected chi connectivity index (χ4v) is 4.47. The molecule has 1 N–H and O–H groups in total. The van der Waals surface area contributed by atoms with Crippen molar-refractivity contribution in [2.45, 2.75) is 32.0 Å². The van der Waals surface area contributed by atoms with E-state index < -0.39 is 6.04 Å². The van der Waals surface area contributed by atoms with Crippen LogP contribution in [0.1, 0.15) is 41.1 Å². The van der Waals surface area contributed by atoms with Gasteiger partial charge in [0, 0.05) is 19.2 Å². The molecule has 1 aliphatic heterocycles. The van der Waals surface area contributed by atoms with E-state index in [-0.39, 0.29) is 17.9 Å². The zero-order valence-corrected chi connectivity index (χ0v) is 18.3. The smallest absolute Gasteiger partial charge is 0.255 e. The van der Waals surface area contributed by atoms with Gasteiger partial charge >= 0.3 is 0 Å². The number of hydrogen-bond acceptors (Lipinski definition) is 4. The van der Waals surface area contributed by atoms with E-state index >= 15 is 0 Å². The molecule has 2 atom stereocenters. The van der Waals surface area contributed by atoms with Crippen LogP contribution >= 0.6 is 11.8 Å². The fourth-order valence-electron chi connectivity index (χ4n) is 4.00. The zero-order chi connectivity index (χ0) is 21.3. The monoisotopic (exact) mass is 422 g/mol. The molecule has 1 aliphatic rings. The van der Waals surface area contributed by atoms with Crippen LogP contribution in [-0.4, -0.2) is 44.3 Å². The predicted molar refractivity (Wildman–Crippen MR) is 120 cm³/mol. The Labute approximate surface area is 180 Å². The van der Waals surface area contributed by atoms with Crippen molar-refractivity contribution in [3.63, 3.8) is 0 Å². The number of nitrogens with one attached hydrogen (secondary N) is 1. The molecular formula is C23H26N4O2S. The van der Waals surface area contributed by atoms with Crippen LogP contribution in [0.3, 0.4) is 0 Å². The van der Waals surface area contributed by atoms with Gasteiger partial charge in [-0.1, -0.05) is 30.3 Å². The third-order valence-electron chi connectivity index (χ3n) is 5.76. The number of rotatable bonds is 7. The van der Waals surface area contributed by atoms with Crippen molar-refractivity contribution in [1.82, 2.24) is 19.8 Å². The van der Waals surface area contributed by atoms with E-state index in [0.717, 1.165) is 34.6 Å². The van der Waals surface area contributed by atoms with Crippen molar-refractivity contribution in [2.75, 3.05) is 12.0 Å². The van der Waals surface area contributed by atoms with Crippen LogP contribution in [0.4, 0.5) is 0 Å². The van der Waals surface area contributed by atoms with Crippen LogP contribution in [-0.2, 0) is 18.4 Å². The molecule has 3 aromatic rings. The van der Waals surface area contributed by atoms with Crippen molar-refractivity contribution in [1.29, 1.82) is 0 Å². The van der Waals surface area contributed by atoms with Crippen molar-refractivity contribution >= 4 is 34.6 Å². The summed E-state index contributed by atoms with van der Waals surface area (Å²) in [5.41, 5.74) is 3.61. The number of amides is 2. The van der Waals surface area contributed by atoms with Crippen LogP contribution < -0.4 is 5.32 Å². The summed E-state index contributed by atoms with van der Waals surface area (Å²) in [6.07, 6.45) is 2.82.